The normalized spacial score (nSPS) is 18.9. The average molecular weight is 542 g/mol. The second kappa shape index (κ2) is 9.83. The summed E-state index contributed by atoms with van der Waals surface area (Å²) >= 11 is 0. The van der Waals surface area contributed by atoms with Crippen LogP contribution in [0.2, 0.25) is 0 Å². The van der Waals surface area contributed by atoms with Gasteiger partial charge in [0.05, 0.1) is 36.0 Å². The molecule has 0 bridgehead atoms. The molecular formula is C27H30F3N7O2. The molecule has 0 spiro atoms. The number of alkyl halides is 3. The molecule has 0 saturated carbocycles. The third-order valence-electron chi connectivity index (χ3n) is 7.55. The molecule has 3 aromatic heterocycles. The SMILES string of the molecule is C[C@H]1CCCN(Cc2cc(C(F)(F)F)c3cn(-c4cccc(N(c5nncn5C)C5COC5)c4)c(=O)n3c2)C1. The van der Waals surface area contributed by atoms with Crippen molar-refractivity contribution in [3.8, 4) is 5.69 Å². The van der Waals surface area contributed by atoms with Crippen molar-refractivity contribution < 1.29 is 17.9 Å². The number of aromatic nitrogens is 5. The van der Waals surface area contributed by atoms with Crippen molar-refractivity contribution >= 4 is 17.2 Å². The smallest absolute Gasteiger partial charge is 0.377 e. The molecule has 12 heteroatoms. The van der Waals surface area contributed by atoms with Crippen molar-refractivity contribution in [2.24, 2.45) is 13.0 Å². The number of benzene rings is 1. The lowest BCUT2D eigenvalue weighted by Crippen LogP contribution is -2.47. The van der Waals surface area contributed by atoms with Crippen LogP contribution in [0.4, 0.5) is 24.8 Å². The molecular weight excluding hydrogens is 511 g/mol. The minimum Gasteiger partial charge on any atom is -0.377 e. The molecule has 5 heterocycles. The monoisotopic (exact) mass is 541 g/mol. The summed E-state index contributed by atoms with van der Waals surface area (Å²) in [7, 11) is 1.83. The van der Waals surface area contributed by atoms with Crippen molar-refractivity contribution in [2.75, 3.05) is 31.2 Å². The molecule has 0 N–H and O–H groups in total. The summed E-state index contributed by atoms with van der Waals surface area (Å²) < 4.78 is 52.2. The molecule has 2 aliphatic heterocycles. The van der Waals surface area contributed by atoms with Crippen LogP contribution in [0.25, 0.3) is 11.2 Å². The number of piperidine rings is 1. The zero-order chi connectivity index (χ0) is 27.3. The van der Waals surface area contributed by atoms with E-state index in [9.17, 15) is 18.0 Å². The van der Waals surface area contributed by atoms with Crippen LogP contribution in [0.3, 0.4) is 0 Å². The third-order valence-corrected chi connectivity index (χ3v) is 7.55. The Bertz CT molecular complexity index is 1550. The Morgan fingerprint density at radius 1 is 1.18 bits per heavy atom. The highest BCUT2D eigenvalue weighted by Crippen LogP contribution is 2.34. The predicted molar refractivity (Wildman–Crippen MR) is 139 cm³/mol. The molecule has 2 aliphatic rings. The molecule has 2 fully saturated rings. The molecule has 0 amide bonds. The van der Waals surface area contributed by atoms with Crippen molar-refractivity contribution in [1.29, 1.82) is 0 Å². The van der Waals surface area contributed by atoms with Crippen LogP contribution in [0.15, 0.2) is 53.8 Å². The molecule has 2 saturated heterocycles. The first-order valence-corrected chi connectivity index (χ1v) is 13.1. The number of likely N-dealkylation sites (tertiary alicyclic amines) is 1. The van der Waals surface area contributed by atoms with Crippen molar-refractivity contribution in [3.05, 3.63) is 70.7 Å². The van der Waals surface area contributed by atoms with E-state index in [2.05, 4.69) is 22.0 Å². The molecule has 9 nitrogen and oxygen atoms in total. The Morgan fingerprint density at radius 2 is 2.00 bits per heavy atom. The Labute approximate surface area is 223 Å². The highest BCUT2D eigenvalue weighted by molar-refractivity contribution is 5.63. The average Bonchev–Trinajstić information content (AvgIpc) is 3.43. The molecule has 0 aliphatic carbocycles. The van der Waals surface area contributed by atoms with Gasteiger partial charge in [0.15, 0.2) is 0 Å². The molecule has 4 aromatic rings. The highest BCUT2D eigenvalue weighted by Gasteiger charge is 2.35. The number of pyridine rings is 1. The summed E-state index contributed by atoms with van der Waals surface area (Å²) in [4.78, 5) is 17.7. The number of imidazole rings is 1. The Balaban J connectivity index is 1.42. The number of anilines is 2. The number of halogens is 3. The van der Waals surface area contributed by atoms with Gasteiger partial charge in [-0.1, -0.05) is 13.0 Å². The summed E-state index contributed by atoms with van der Waals surface area (Å²) in [6.45, 7) is 5.18. The van der Waals surface area contributed by atoms with E-state index >= 15 is 0 Å². The first-order valence-electron chi connectivity index (χ1n) is 13.1. The van der Waals surface area contributed by atoms with E-state index in [4.69, 9.17) is 4.74 Å². The van der Waals surface area contributed by atoms with E-state index in [1.54, 1.807) is 35.3 Å². The summed E-state index contributed by atoms with van der Waals surface area (Å²) in [6.07, 6.45) is 1.94. The van der Waals surface area contributed by atoms with Crippen LogP contribution in [0.1, 0.15) is 30.9 Å². The summed E-state index contributed by atoms with van der Waals surface area (Å²) in [5, 5.41) is 8.21. The lowest BCUT2D eigenvalue weighted by molar-refractivity contribution is -0.136. The molecule has 39 heavy (non-hydrogen) atoms. The minimum absolute atomic E-state index is 0.0184. The molecule has 206 valence electrons. The van der Waals surface area contributed by atoms with E-state index < -0.39 is 17.4 Å². The second-order valence-corrected chi connectivity index (χ2v) is 10.6. The first kappa shape index (κ1) is 25.6. The van der Waals surface area contributed by atoms with Crippen molar-refractivity contribution in [2.45, 2.75) is 38.5 Å². The maximum atomic E-state index is 14.2. The number of rotatable bonds is 6. The van der Waals surface area contributed by atoms with E-state index in [1.165, 1.54) is 16.8 Å². The zero-order valence-electron chi connectivity index (χ0n) is 21.8. The maximum absolute atomic E-state index is 14.2. The number of hydrogen-bond donors (Lipinski definition) is 0. The Morgan fingerprint density at radius 3 is 2.67 bits per heavy atom. The van der Waals surface area contributed by atoms with Gasteiger partial charge in [0.1, 0.15) is 6.33 Å². The lowest BCUT2D eigenvalue weighted by Gasteiger charge is -2.37. The topological polar surface area (TPSA) is 72.8 Å². The summed E-state index contributed by atoms with van der Waals surface area (Å²) in [6, 6.07) is 8.33. The van der Waals surface area contributed by atoms with Crippen molar-refractivity contribution in [3.63, 3.8) is 0 Å². The Hall–Kier alpha value is -3.64. The summed E-state index contributed by atoms with van der Waals surface area (Å²) in [5.41, 5.74) is 0.105. The first-order chi connectivity index (χ1) is 18.7. The van der Waals surface area contributed by atoms with Gasteiger partial charge in [-0.3, -0.25) is 13.9 Å². The Kier molecular flexibility index (Phi) is 6.46. The van der Waals surface area contributed by atoms with E-state index in [-0.39, 0.29) is 11.6 Å². The number of aryl methyl sites for hydroxylation is 1. The maximum Gasteiger partial charge on any atom is 0.418 e. The van der Waals surface area contributed by atoms with E-state index in [1.807, 2.05) is 18.0 Å². The second-order valence-electron chi connectivity index (χ2n) is 10.6. The largest absolute Gasteiger partial charge is 0.418 e. The van der Waals surface area contributed by atoms with Gasteiger partial charge in [0.25, 0.3) is 0 Å². The van der Waals surface area contributed by atoms with Gasteiger partial charge in [-0.25, -0.2) is 4.79 Å². The van der Waals surface area contributed by atoms with Crippen LogP contribution >= 0.6 is 0 Å². The summed E-state index contributed by atoms with van der Waals surface area (Å²) in [5.74, 6) is 1.10. The van der Waals surface area contributed by atoms with Gasteiger partial charge in [-0.15, -0.1) is 10.2 Å². The van der Waals surface area contributed by atoms with Crippen LogP contribution in [-0.2, 0) is 24.5 Å². The molecule has 1 atom stereocenters. The van der Waals surface area contributed by atoms with Gasteiger partial charge >= 0.3 is 11.9 Å². The molecule has 0 unspecified atom stereocenters. The van der Waals surface area contributed by atoms with Crippen LogP contribution in [-0.4, -0.2) is 61.0 Å². The fourth-order valence-electron chi connectivity index (χ4n) is 5.58. The third kappa shape index (κ3) is 4.82. The molecule has 1 aromatic carbocycles. The fourth-order valence-corrected chi connectivity index (χ4v) is 5.58. The van der Waals surface area contributed by atoms with E-state index in [0.29, 0.717) is 42.9 Å². The number of hydrogen-bond acceptors (Lipinski definition) is 6. The van der Waals surface area contributed by atoms with Crippen LogP contribution < -0.4 is 10.6 Å². The van der Waals surface area contributed by atoms with Crippen LogP contribution in [0, 0.1) is 5.92 Å². The van der Waals surface area contributed by atoms with Gasteiger partial charge < -0.3 is 14.2 Å². The minimum atomic E-state index is -4.61. The fraction of sp³-hybridized carbons (Fsp3) is 0.444. The van der Waals surface area contributed by atoms with E-state index in [0.717, 1.165) is 36.0 Å². The van der Waals surface area contributed by atoms with Crippen LogP contribution in [0.5, 0.6) is 0 Å². The van der Waals surface area contributed by atoms with Gasteiger partial charge in [-0.05, 0) is 55.1 Å². The number of fused-ring (bicyclic) bond motifs is 1. The predicted octanol–water partition coefficient (Wildman–Crippen LogP) is 4.01. The number of nitrogens with zero attached hydrogens (tertiary/aromatic N) is 7. The highest BCUT2D eigenvalue weighted by atomic mass is 19.4. The lowest BCUT2D eigenvalue weighted by atomic mass is 10.00. The van der Waals surface area contributed by atoms with Gasteiger partial charge in [0.2, 0.25) is 5.95 Å². The quantitative estimate of drug-likeness (QED) is 0.368. The number of ether oxygens (including phenoxy) is 1. The standard InChI is InChI=1S/C27H30F3N7O2/c1-18-5-4-8-34(11-18)12-19-9-23(27(28,29)30)24-14-35(26(38)36(24)13-19)20-6-3-7-21(10-20)37(22-15-39-16-22)25-32-31-17-33(25)2/h3,6-7,9-10,13-14,17-18,22H,4-5,8,11-12,15-16H2,1-2H3/t18-/m0/s1. The zero-order valence-corrected chi connectivity index (χ0v) is 21.8. The van der Waals surface area contributed by atoms with Gasteiger partial charge in [0, 0.05) is 38.2 Å². The van der Waals surface area contributed by atoms with Crippen molar-refractivity contribution in [1.82, 2.24) is 28.6 Å². The molecule has 6 rings (SSSR count). The van der Waals surface area contributed by atoms with Gasteiger partial charge in [-0.2, -0.15) is 13.2 Å². The molecule has 0 radical (unpaired) electrons.